The summed E-state index contributed by atoms with van der Waals surface area (Å²) in [6.07, 6.45) is 1.21. The van der Waals surface area contributed by atoms with Crippen molar-refractivity contribution in [1.82, 2.24) is 5.16 Å². The van der Waals surface area contributed by atoms with E-state index in [0.717, 1.165) is 18.2 Å². The summed E-state index contributed by atoms with van der Waals surface area (Å²) in [5, 5.41) is 12.0. The van der Waals surface area contributed by atoms with Crippen LogP contribution < -0.4 is 4.72 Å². The first kappa shape index (κ1) is 13.4. The molecule has 0 radical (unpaired) electrons. The summed E-state index contributed by atoms with van der Waals surface area (Å²) in [6.45, 7) is 0. The second-order valence-electron chi connectivity index (χ2n) is 3.44. The molecule has 0 atom stereocenters. The number of benzene rings is 1. The third-order valence-corrected chi connectivity index (χ3v) is 3.82. The lowest BCUT2D eigenvalue weighted by molar-refractivity contribution is 0.0697. The number of aromatic nitrogens is 1. The number of rotatable bonds is 4. The Hall–Kier alpha value is -2.06. The quantitative estimate of drug-likeness (QED) is 0.891. The maximum atomic E-state index is 11.9. The first-order valence-electron chi connectivity index (χ1n) is 4.86. The summed E-state index contributed by atoms with van der Waals surface area (Å²) >= 11 is 5.71. The number of anilines is 1. The predicted molar refractivity (Wildman–Crippen MR) is 65.7 cm³/mol. The number of sulfonamides is 1. The molecule has 0 fully saturated rings. The number of nitrogens with zero attached hydrogens (tertiary/aromatic N) is 1. The molecule has 0 amide bonds. The van der Waals surface area contributed by atoms with Gasteiger partial charge in [-0.15, -0.1) is 0 Å². The molecule has 0 spiro atoms. The van der Waals surface area contributed by atoms with Crippen molar-refractivity contribution in [2.45, 2.75) is 4.90 Å². The van der Waals surface area contributed by atoms with E-state index in [-0.39, 0.29) is 21.3 Å². The van der Waals surface area contributed by atoms with Crippen LogP contribution in [0.4, 0.5) is 5.82 Å². The average Bonchev–Trinajstić information content (AvgIpc) is 2.80. The Labute approximate surface area is 112 Å². The van der Waals surface area contributed by atoms with Gasteiger partial charge in [-0.25, -0.2) is 13.2 Å². The van der Waals surface area contributed by atoms with E-state index in [1.54, 1.807) is 0 Å². The van der Waals surface area contributed by atoms with Gasteiger partial charge in [0.15, 0.2) is 5.82 Å². The summed E-state index contributed by atoms with van der Waals surface area (Å²) in [4.78, 5) is 10.6. The standard InChI is InChI=1S/C10H7ClN2O5S/c11-8-5-6(1-2-7(8)10(14)15)19(16,17)13-9-3-4-18-12-9/h1-5H,(H,12,13)(H,14,15). The lowest BCUT2D eigenvalue weighted by atomic mass is 10.2. The molecular formula is C10H7ClN2O5S. The molecule has 1 aromatic heterocycles. The van der Waals surface area contributed by atoms with Gasteiger partial charge in [0.05, 0.1) is 15.5 Å². The summed E-state index contributed by atoms with van der Waals surface area (Å²) in [5.74, 6) is -1.23. The fourth-order valence-corrected chi connectivity index (χ4v) is 2.64. The van der Waals surface area contributed by atoms with E-state index < -0.39 is 16.0 Å². The molecule has 1 aromatic carbocycles. The Morgan fingerprint density at radius 1 is 1.37 bits per heavy atom. The molecule has 2 aromatic rings. The molecule has 2 N–H and O–H groups in total. The molecule has 2 rings (SSSR count). The second-order valence-corrected chi connectivity index (χ2v) is 5.53. The zero-order valence-electron chi connectivity index (χ0n) is 9.20. The number of carboxylic acids is 1. The van der Waals surface area contributed by atoms with Gasteiger partial charge in [-0.05, 0) is 18.2 Å². The minimum atomic E-state index is -3.90. The maximum Gasteiger partial charge on any atom is 0.337 e. The maximum absolute atomic E-state index is 11.9. The minimum absolute atomic E-state index is 0.0124. The van der Waals surface area contributed by atoms with Gasteiger partial charge in [0.2, 0.25) is 0 Å². The number of hydrogen-bond acceptors (Lipinski definition) is 5. The summed E-state index contributed by atoms with van der Waals surface area (Å²) in [7, 11) is -3.90. The van der Waals surface area contributed by atoms with Crippen LogP contribution in [0.3, 0.4) is 0 Å². The van der Waals surface area contributed by atoms with Crippen molar-refractivity contribution in [2.24, 2.45) is 0 Å². The molecule has 0 saturated heterocycles. The molecule has 0 saturated carbocycles. The Kier molecular flexibility index (Phi) is 3.45. The van der Waals surface area contributed by atoms with Crippen LogP contribution in [-0.2, 0) is 10.0 Å². The van der Waals surface area contributed by atoms with Gasteiger partial charge >= 0.3 is 5.97 Å². The largest absolute Gasteiger partial charge is 0.478 e. The number of carboxylic acid groups (broad SMARTS) is 1. The first-order valence-corrected chi connectivity index (χ1v) is 6.72. The second kappa shape index (κ2) is 4.90. The summed E-state index contributed by atoms with van der Waals surface area (Å²) in [6, 6.07) is 4.62. The van der Waals surface area contributed by atoms with Crippen molar-refractivity contribution in [3.05, 3.63) is 41.1 Å². The molecule has 0 unspecified atom stereocenters. The minimum Gasteiger partial charge on any atom is -0.478 e. The molecule has 0 aliphatic rings. The van der Waals surface area contributed by atoms with E-state index in [1.807, 2.05) is 0 Å². The van der Waals surface area contributed by atoms with Crippen LogP contribution in [0.5, 0.6) is 0 Å². The fourth-order valence-electron chi connectivity index (χ4n) is 1.30. The van der Waals surface area contributed by atoms with Gasteiger partial charge < -0.3 is 9.63 Å². The number of halogens is 1. The van der Waals surface area contributed by atoms with E-state index in [4.69, 9.17) is 16.7 Å². The van der Waals surface area contributed by atoms with Crippen LogP contribution in [0.2, 0.25) is 5.02 Å². The highest BCUT2D eigenvalue weighted by Gasteiger charge is 2.18. The van der Waals surface area contributed by atoms with Crippen LogP contribution >= 0.6 is 11.6 Å². The summed E-state index contributed by atoms with van der Waals surface area (Å²) in [5.41, 5.74) is -0.179. The third-order valence-electron chi connectivity index (χ3n) is 2.16. The van der Waals surface area contributed by atoms with Crippen molar-refractivity contribution in [3.8, 4) is 0 Å². The number of aromatic carboxylic acids is 1. The van der Waals surface area contributed by atoms with Crippen molar-refractivity contribution in [3.63, 3.8) is 0 Å². The Balaban J connectivity index is 2.36. The van der Waals surface area contributed by atoms with Gasteiger partial charge in [0.25, 0.3) is 10.0 Å². The molecule has 7 nitrogen and oxygen atoms in total. The van der Waals surface area contributed by atoms with Gasteiger partial charge in [-0.2, -0.15) is 0 Å². The van der Waals surface area contributed by atoms with Crippen LogP contribution in [-0.4, -0.2) is 24.7 Å². The van der Waals surface area contributed by atoms with Crippen molar-refractivity contribution < 1.29 is 22.8 Å². The Morgan fingerprint density at radius 2 is 2.11 bits per heavy atom. The lowest BCUT2D eigenvalue weighted by Gasteiger charge is -2.06. The van der Waals surface area contributed by atoms with E-state index >= 15 is 0 Å². The first-order chi connectivity index (χ1) is 8.90. The highest BCUT2D eigenvalue weighted by atomic mass is 35.5. The van der Waals surface area contributed by atoms with Crippen LogP contribution in [0.1, 0.15) is 10.4 Å². The molecule has 19 heavy (non-hydrogen) atoms. The van der Waals surface area contributed by atoms with Crippen molar-refractivity contribution in [2.75, 3.05) is 4.72 Å². The monoisotopic (exact) mass is 302 g/mol. The van der Waals surface area contributed by atoms with Gasteiger partial charge in [-0.3, -0.25) is 4.72 Å². The van der Waals surface area contributed by atoms with Gasteiger partial charge in [0, 0.05) is 6.07 Å². The zero-order chi connectivity index (χ0) is 14.0. The number of carbonyl (C=O) groups is 1. The van der Waals surface area contributed by atoms with Crippen LogP contribution in [0.15, 0.2) is 39.9 Å². The van der Waals surface area contributed by atoms with E-state index in [1.165, 1.54) is 12.3 Å². The van der Waals surface area contributed by atoms with Crippen LogP contribution in [0.25, 0.3) is 0 Å². The fraction of sp³-hybridized carbons (Fsp3) is 0. The molecule has 0 aliphatic carbocycles. The zero-order valence-corrected chi connectivity index (χ0v) is 10.8. The summed E-state index contributed by atoms with van der Waals surface area (Å²) < 4.78 is 30.5. The number of hydrogen-bond donors (Lipinski definition) is 2. The molecule has 0 bridgehead atoms. The number of nitrogens with one attached hydrogen (secondary N) is 1. The average molecular weight is 303 g/mol. The highest BCUT2D eigenvalue weighted by molar-refractivity contribution is 7.92. The van der Waals surface area contributed by atoms with Gasteiger partial charge in [-0.1, -0.05) is 16.8 Å². The molecule has 1 heterocycles. The molecule has 9 heteroatoms. The molecular weight excluding hydrogens is 296 g/mol. The molecule has 0 aliphatic heterocycles. The molecule has 100 valence electrons. The predicted octanol–water partition coefficient (Wildman–Crippen LogP) is 1.83. The topological polar surface area (TPSA) is 110 Å². The lowest BCUT2D eigenvalue weighted by Crippen LogP contribution is -2.13. The third kappa shape index (κ3) is 2.85. The normalized spacial score (nSPS) is 11.2. The van der Waals surface area contributed by atoms with E-state index in [9.17, 15) is 13.2 Å². The van der Waals surface area contributed by atoms with E-state index in [2.05, 4.69) is 14.4 Å². The Bertz CT molecular complexity index is 712. The Morgan fingerprint density at radius 3 is 2.63 bits per heavy atom. The van der Waals surface area contributed by atoms with Crippen molar-refractivity contribution in [1.29, 1.82) is 0 Å². The van der Waals surface area contributed by atoms with E-state index in [0.29, 0.717) is 0 Å². The SMILES string of the molecule is O=C(O)c1ccc(S(=O)(=O)Nc2ccon2)cc1Cl. The smallest absolute Gasteiger partial charge is 0.337 e. The highest BCUT2D eigenvalue weighted by Crippen LogP contribution is 2.22. The van der Waals surface area contributed by atoms with Gasteiger partial charge in [0.1, 0.15) is 6.26 Å². The van der Waals surface area contributed by atoms with Crippen molar-refractivity contribution >= 4 is 33.4 Å². The van der Waals surface area contributed by atoms with Crippen LogP contribution in [0, 0.1) is 0 Å².